The van der Waals surface area contributed by atoms with Crippen molar-refractivity contribution in [2.75, 3.05) is 6.61 Å². The van der Waals surface area contributed by atoms with E-state index >= 15 is 0 Å². The molecule has 0 bridgehead atoms. The van der Waals surface area contributed by atoms with E-state index < -0.39 is 16.1 Å². The number of nitrogens with one attached hydrogen (secondary N) is 1. The number of ether oxygens (including phenoxy) is 1. The summed E-state index contributed by atoms with van der Waals surface area (Å²) in [4.78, 5) is 17.1. The normalized spacial score (nSPS) is 12.0. The molecule has 0 fully saturated rings. The molecule has 0 aliphatic carbocycles. The van der Waals surface area contributed by atoms with Crippen molar-refractivity contribution < 1.29 is 17.9 Å². The summed E-state index contributed by atoms with van der Waals surface area (Å²) >= 11 is 0. The summed E-state index contributed by atoms with van der Waals surface area (Å²) in [6.45, 7) is 11.3. The van der Waals surface area contributed by atoms with Gasteiger partial charge in [0.2, 0.25) is 0 Å². The molecule has 0 unspecified atom stereocenters. The van der Waals surface area contributed by atoms with Crippen LogP contribution < -0.4 is 4.72 Å². The Balaban J connectivity index is 1.67. The molecule has 7 nitrogen and oxygen atoms in total. The van der Waals surface area contributed by atoms with E-state index in [4.69, 9.17) is 9.72 Å². The van der Waals surface area contributed by atoms with Crippen LogP contribution in [-0.4, -0.2) is 30.7 Å². The summed E-state index contributed by atoms with van der Waals surface area (Å²) in [7, 11) is -4.14. The Morgan fingerprint density at radius 2 is 1.65 bits per heavy atom. The van der Waals surface area contributed by atoms with Crippen molar-refractivity contribution in [3.05, 3.63) is 83.7 Å². The molecule has 8 heteroatoms. The van der Waals surface area contributed by atoms with E-state index in [-0.39, 0.29) is 16.9 Å². The number of sulfonamides is 1. The number of amides is 1. The number of hydrogen-bond acceptors (Lipinski definition) is 5. The van der Waals surface area contributed by atoms with Gasteiger partial charge in [0.05, 0.1) is 22.5 Å². The SMILES string of the molecule is CCCCOC(=O)NS(=O)(=O)c1ccc(CCC)cc1-c1ccc(Cn2c(C(C)(C)C)nc3ccccc32)cc1. The summed E-state index contributed by atoms with van der Waals surface area (Å²) in [6, 6.07) is 21.3. The number of unbranched alkanes of at least 4 members (excludes halogenated alkanes) is 1. The second-order valence-electron chi connectivity index (χ2n) is 11.1. The monoisotopic (exact) mass is 561 g/mol. The molecule has 0 radical (unpaired) electrons. The number of fused-ring (bicyclic) bond motifs is 1. The molecule has 4 aromatic rings. The van der Waals surface area contributed by atoms with E-state index in [1.165, 1.54) is 0 Å². The van der Waals surface area contributed by atoms with Crippen LogP contribution in [-0.2, 0) is 33.1 Å². The average Bonchev–Trinajstić information content (AvgIpc) is 3.28. The van der Waals surface area contributed by atoms with Gasteiger partial charge in [-0.2, -0.15) is 0 Å². The van der Waals surface area contributed by atoms with Crippen molar-refractivity contribution in [2.45, 2.75) is 77.2 Å². The molecular weight excluding hydrogens is 522 g/mol. The molecule has 0 aliphatic rings. The minimum absolute atomic E-state index is 0.0446. The molecule has 3 aromatic carbocycles. The summed E-state index contributed by atoms with van der Waals surface area (Å²) in [5, 5.41) is 0. The van der Waals surface area contributed by atoms with Crippen molar-refractivity contribution in [2.24, 2.45) is 0 Å². The Morgan fingerprint density at radius 1 is 0.950 bits per heavy atom. The molecule has 0 aliphatic heterocycles. The highest BCUT2D eigenvalue weighted by Gasteiger charge is 2.24. The fraction of sp³-hybridized carbons (Fsp3) is 0.375. The number of carbonyl (C=O) groups excluding carboxylic acids is 1. The Bertz CT molecular complexity index is 1580. The number of nitrogens with zero attached hydrogens (tertiary/aromatic N) is 2. The Kier molecular flexibility index (Phi) is 8.98. The maximum absolute atomic E-state index is 13.3. The van der Waals surface area contributed by atoms with Crippen LogP contribution in [0.4, 0.5) is 4.79 Å². The van der Waals surface area contributed by atoms with Crippen molar-refractivity contribution in [3.63, 3.8) is 0 Å². The quantitative estimate of drug-likeness (QED) is 0.207. The van der Waals surface area contributed by atoms with Crippen LogP contribution in [0.5, 0.6) is 0 Å². The highest BCUT2D eigenvalue weighted by Crippen LogP contribution is 2.31. The molecule has 1 aromatic heterocycles. The Labute approximate surface area is 237 Å². The largest absolute Gasteiger partial charge is 0.449 e. The number of imidazole rings is 1. The Hall–Kier alpha value is -3.65. The van der Waals surface area contributed by atoms with E-state index in [9.17, 15) is 13.2 Å². The number of para-hydroxylation sites is 2. The molecule has 0 saturated heterocycles. The van der Waals surface area contributed by atoms with Crippen molar-refractivity contribution in [1.82, 2.24) is 14.3 Å². The maximum atomic E-state index is 13.3. The first kappa shape index (κ1) is 29.3. The van der Waals surface area contributed by atoms with Gasteiger partial charge in [-0.3, -0.25) is 0 Å². The first-order chi connectivity index (χ1) is 19.0. The second-order valence-corrected chi connectivity index (χ2v) is 12.8. The summed E-state index contributed by atoms with van der Waals surface area (Å²) in [5.41, 5.74) is 5.33. The highest BCUT2D eigenvalue weighted by atomic mass is 32.2. The smallest absolute Gasteiger partial charge is 0.421 e. The number of aryl methyl sites for hydroxylation is 1. The molecule has 0 spiro atoms. The third-order valence-corrected chi connectivity index (χ3v) is 8.12. The third kappa shape index (κ3) is 6.73. The molecule has 40 heavy (non-hydrogen) atoms. The molecule has 0 atom stereocenters. The Morgan fingerprint density at radius 3 is 2.33 bits per heavy atom. The van der Waals surface area contributed by atoms with Gasteiger partial charge < -0.3 is 9.30 Å². The van der Waals surface area contributed by atoms with Crippen LogP contribution in [0, 0.1) is 0 Å². The van der Waals surface area contributed by atoms with Crippen LogP contribution in [0.3, 0.4) is 0 Å². The molecule has 1 amide bonds. The van der Waals surface area contributed by atoms with Gasteiger partial charge in [-0.05, 0) is 53.8 Å². The summed E-state index contributed by atoms with van der Waals surface area (Å²) in [6.07, 6.45) is 2.30. The molecular formula is C32H39N3O4S. The number of aromatic nitrogens is 2. The third-order valence-electron chi connectivity index (χ3n) is 6.75. The zero-order valence-corrected chi connectivity index (χ0v) is 24.8. The van der Waals surface area contributed by atoms with E-state index in [0.29, 0.717) is 18.5 Å². The van der Waals surface area contributed by atoms with Gasteiger partial charge in [0.25, 0.3) is 10.0 Å². The maximum Gasteiger partial charge on any atom is 0.421 e. The molecule has 212 valence electrons. The minimum atomic E-state index is -4.14. The first-order valence-electron chi connectivity index (χ1n) is 13.9. The fourth-order valence-electron chi connectivity index (χ4n) is 4.77. The number of benzene rings is 3. The number of rotatable bonds is 10. The molecule has 1 heterocycles. The van der Waals surface area contributed by atoms with Crippen LogP contribution in [0.2, 0.25) is 0 Å². The van der Waals surface area contributed by atoms with Gasteiger partial charge in [0.15, 0.2) is 0 Å². The standard InChI is InChI=1S/C32H39N3O4S/c1-6-8-20-39-31(36)34-40(37,38)29-19-16-23(11-7-2)21-26(29)25-17-14-24(15-18-25)22-35-28-13-10-9-12-27(28)33-30(35)32(3,4)5/h9-10,12-19,21H,6-8,11,20,22H2,1-5H3,(H,34,36). The molecule has 0 saturated carbocycles. The van der Waals surface area contributed by atoms with E-state index in [0.717, 1.165) is 52.8 Å². The van der Waals surface area contributed by atoms with Crippen molar-refractivity contribution >= 4 is 27.1 Å². The lowest BCUT2D eigenvalue weighted by molar-refractivity contribution is 0.151. The van der Waals surface area contributed by atoms with Crippen LogP contribution in [0.1, 0.15) is 70.8 Å². The first-order valence-corrected chi connectivity index (χ1v) is 15.4. The topological polar surface area (TPSA) is 90.3 Å². The highest BCUT2D eigenvalue weighted by molar-refractivity contribution is 7.90. The van der Waals surface area contributed by atoms with Gasteiger partial charge in [-0.1, -0.05) is 89.9 Å². The van der Waals surface area contributed by atoms with Gasteiger partial charge in [0, 0.05) is 17.5 Å². The zero-order chi connectivity index (χ0) is 28.9. The predicted octanol–water partition coefficient (Wildman–Crippen LogP) is 7.22. The molecule has 1 N–H and O–H groups in total. The lowest BCUT2D eigenvalue weighted by Gasteiger charge is -2.20. The van der Waals surface area contributed by atoms with Crippen LogP contribution in [0.25, 0.3) is 22.2 Å². The van der Waals surface area contributed by atoms with Gasteiger partial charge in [-0.25, -0.2) is 22.9 Å². The zero-order valence-electron chi connectivity index (χ0n) is 24.0. The van der Waals surface area contributed by atoms with Gasteiger partial charge >= 0.3 is 6.09 Å². The summed E-state index contributed by atoms with van der Waals surface area (Å²) in [5.74, 6) is 1.01. The molecule has 4 rings (SSSR count). The van der Waals surface area contributed by atoms with Gasteiger partial charge in [-0.15, -0.1) is 0 Å². The van der Waals surface area contributed by atoms with Crippen molar-refractivity contribution in [1.29, 1.82) is 0 Å². The predicted molar refractivity (Wildman–Crippen MR) is 160 cm³/mol. The summed E-state index contributed by atoms with van der Waals surface area (Å²) < 4.78 is 35.9. The second kappa shape index (κ2) is 12.3. The van der Waals surface area contributed by atoms with Crippen molar-refractivity contribution in [3.8, 4) is 11.1 Å². The number of hydrogen-bond donors (Lipinski definition) is 1. The lowest BCUT2D eigenvalue weighted by atomic mass is 9.95. The minimum Gasteiger partial charge on any atom is -0.449 e. The number of carbonyl (C=O) groups is 1. The lowest BCUT2D eigenvalue weighted by Crippen LogP contribution is -2.31. The van der Waals surface area contributed by atoms with E-state index in [1.54, 1.807) is 12.1 Å². The van der Waals surface area contributed by atoms with Crippen LogP contribution in [0.15, 0.2) is 71.6 Å². The average molecular weight is 562 g/mol. The van der Waals surface area contributed by atoms with Crippen LogP contribution >= 0.6 is 0 Å². The van der Waals surface area contributed by atoms with E-state index in [2.05, 4.69) is 43.1 Å². The fourth-order valence-corrected chi connectivity index (χ4v) is 5.87. The van der Waals surface area contributed by atoms with Gasteiger partial charge in [0.1, 0.15) is 5.82 Å². The van der Waals surface area contributed by atoms with E-state index in [1.807, 2.05) is 55.5 Å².